The molecule has 0 aliphatic heterocycles. The van der Waals surface area contributed by atoms with Gasteiger partial charge in [-0.05, 0) is 0 Å². The zero-order chi connectivity index (χ0) is 5.82. The van der Waals surface area contributed by atoms with Gasteiger partial charge in [-0.25, -0.2) is 0 Å². The van der Waals surface area contributed by atoms with E-state index >= 15 is 0 Å². The fraction of sp³-hybridized carbons (Fsp3) is 0. The number of aromatic amines is 1. The number of nitrogens with zero attached hydrogens (tertiary/aromatic N) is 5. The van der Waals surface area contributed by atoms with E-state index in [2.05, 4.69) is 50.6 Å². The molecule has 0 saturated carbocycles. The number of aromatic nitrogens is 4. The molecular weight excluding hydrogens is 204 g/mol. The number of rotatable bonds is 1. The molecule has 0 saturated heterocycles. The molecule has 0 unspecified atom stereocenters. The Morgan fingerprint density at radius 3 is 3.00 bits per heavy atom. The van der Waals surface area contributed by atoms with Gasteiger partial charge in [0.05, 0.1) is 0 Å². The average molecular weight is 205 g/mol. The van der Waals surface area contributed by atoms with Crippen LogP contribution in [0, 0.1) is 0 Å². The van der Waals surface area contributed by atoms with E-state index < -0.39 is 0 Å². The van der Waals surface area contributed by atoms with E-state index in [0.29, 0.717) is 0 Å². The molecular formula is CHAgN6. The summed E-state index contributed by atoms with van der Waals surface area (Å²) >= 11 is 2.73. The van der Waals surface area contributed by atoms with Crippen molar-refractivity contribution in [2.45, 2.75) is 0 Å². The van der Waals surface area contributed by atoms with Gasteiger partial charge < -0.3 is 0 Å². The Labute approximate surface area is 57.0 Å². The molecule has 0 aliphatic rings. The standard InChI is InChI=1S/CHN6.Ag/c2-3-1-4-6-7-5-1;/h(H,4,5,6,7);/q-1;+1. The molecule has 7 heteroatoms. The van der Waals surface area contributed by atoms with Crippen molar-refractivity contribution < 1.29 is 21.3 Å². The van der Waals surface area contributed by atoms with Crippen LogP contribution < -0.4 is 0 Å². The summed E-state index contributed by atoms with van der Waals surface area (Å²) in [4.78, 5) is 0. The van der Waals surface area contributed by atoms with Crippen molar-refractivity contribution in [2.24, 2.45) is 8.63 Å². The molecule has 6 nitrogen and oxygen atoms in total. The van der Waals surface area contributed by atoms with Gasteiger partial charge in [-0.2, -0.15) is 0 Å². The molecule has 0 radical (unpaired) electrons. The van der Waals surface area contributed by atoms with E-state index in [0.717, 1.165) is 0 Å². The number of nitrogens with one attached hydrogen (secondary N) is 1. The summed E-state index contributed by atoms with van der Waals surface area (Å²) < 4.78 is 3.24. The first kappa shape index (κ1) is 5.55. The maximum atomic E-state index is 3.42. The Hall–Kier alpha value is -0.590. The molecule has 1 heterocycles. The van der Waals surface area contributed by atoms with Crippen molar-refractivity contribution in [3.05, 3.63) is 0 Å². The zero-order valence-corrected chi connectivity index (χ0v) is 5.02. The monoisotopic (exact) mass is 204 g/mol. The Bertz CT molecular complexity index is 165. The van der Waals surface area contributed by atoms with E-state index in [-0.39, 0.29) is 5.95 Å². The molecule has 0 amide bonds. The molecule has 8 heavy (non-hydrogen) atoms. The fourth-order valence-electron chi connectivity index (χ4n) is 0.225. The van der Waals surface area contributed by atoms with Crippen molar-refractivity contribution >= 4 is 5.95 Å². The van der Waals surface area contributed by atoms with E-state index in [1.807, 2.05) is 0 Å². The second kappa shape index (κ2) is 2.65. The molecule has 1 N–H and O–H groups in total. The van der Waals surface area contributed by atoms with Gasteiger partial charge in [-0.1, -0.05) is 0 Å². The third-order valence-corrected chi connectivity index (χ3v) is 0.607. The van der Waals surface area contributed by atoms with Gasteiger partial charge in [0.1, 0.15) is 0 Å². The number of hydrogen-bond acceptors (Lipinski definition) is 5. The first-order valence-corrected chi connectivity index (χ1v) is 2.32. The second-order valence-corrected chi connectivity index (χ2v) is 1.18. The van der Waals surface area contributed by atoms with Gasteiger partial charge in [0.15, 0.2) is 0 Å². The van der Waals surface area contributed by atoms with Crippen molar-refractivity contribution in [3.8, 4) is 0 Å². The van der Waals surface area contributed by atoms with Crippen LogP contribution in [0.1, 0.15) is 0 Å². The van der Waals surface area contributed by atoms with Gasteiger partial charge in [0, 0.05) is 0 Å². The quantitative estimate of drug-likeness (QED) is 0.506. The second-order valence-electron chi connectivity index (χ2n) is 0.885. The molecule has 0 bridgehead atoms. The van der Waals surface area contributed by atoms with Gasteiger partial charge >= 0.3 is 56.5 Å². The third-order valence-electron chi connectivity index (χ3n) is 0.459. The van der Waals surface area contributed by atoms with Crippen molar-refractivity contribution in [1.82, 2.24) is 20.6 Å². The summed E-state index contributed by atoms with van der Waals surface area (Å²) in [6.07, 6.45) is 0. The Morgan fingerprint density at radius 2 is 2.50 bits per heavy atom. The molecule has 46 valence electrons. The van der Waals surface area contributed by atoms with Gasteiger partial charge in [0.2, 0.25) is 0 Å². The molecule has 1 rings (SSSR count). The molecule has 0 atom stereocenters. The van der Waals surface area contributed by atoms with E-state index in [1.165, 1.54) is 0 Å². The first-order valence-electron chi connectivity index (χ1n) is 1.66. The van der Waals surface area contributed by atoms with Crippen molar-refractivity contribution in [2.75, 3.05) is 0 Å². The third kappa shape index (κ3) is 1.19. The van der Waals surface area contributed by atoms with Crippen molar-refractivity contribution in [3.63, 3.8) is 0 Å². The summed E-state index contributed by atoms with van der Waals surface area (Å²) in [7, 11) is 0. The predicted molar refractivity (Wildman–Crippen MR) is 18.7 cm³/mol. The SMILES string of the molecule is [Ag][N]=Nc1nnn[nH]1. The van der Waals surface area contributed by atoms with Gasteiger partial charge in [-0.15, -0.1) is 0 Å². The minimum absolute atomic E-state index is 0.279. The van der Waals surface area contributed by atoms with E-state index in [4.69, 9.17) is 0 Å². The molecule has 1 aromatic heterocycles. The Balaban J connectivity index is 2.77. The van der Waals surface area contributed by atoms with Crippen LogP contribution in [0.2, 0.25) is 0 Å². The molecule has 1 aromatic rings. The maximum absolute atomic E-state index is 3.42. The summed E-state index contributed by atoms with van der Waals surface area (Å²) in [5.74, 6) is 0.279. The Morgan fingerprint density at radius 1 is 1.62 bits per heavy atom. The van der Waals surface area contributed by atoms with Crippen LogP contribution >= 0.6 is 0 Å². The number of tetrazole rings is 1. The Kier molecular flexibility index (Phi) is 1.84. The van der Waals surface area contributed by atoms with Crippen LogP contribution in [0.4, 0.5) is 5.95 Å². The van der Waals surface area contributed by atoms with Crippen LogP contribution in [0.15, 0.2) is 8.63 Å². The molecule has 0 spiro atoms. The van der Waals surface area contributed by atoms with Crippen molar-refractivity contribution in [1.29, 1.82) is 0 Å². The van der Waals surface area contributed by atoms with Crippen LogP contribution in [0.25, 0.3) is 0 Å². The van der Waals surface area contributed by atoms with E-state index in [1.54, 1.807) is 0 Å². The first-order chi connectivity index (χ1) is 3.93. The normalized spacial score (nSPS) is 10.8. The molecule has 0 fully saturated rings. The van der Waals surface area contributed by atoms with Crippen LogP contribution in [-0.2, 0) is 21.3 Å². The fourth-order valence-corrected chi connectivity index (χ4v) is 0.365. The predicted octanol–water partition coefficient (Wildman–Crippen LogP) is -0.255. The van der Waals surface area contributed by atoms with Crippen LogP contribution in [-0.4, -0.2) is 20.6 Å². The van der Waals surface area contributed by atoms with Gasteiger partial charge in [-0.3, -0.25) is 0 Å². The summed E-state index contributed by atoms with van der Waals surface area (Å²) in [6, 6.07) is 0. The topological polar surface area (TPSA) is 79.2 Å². The van der Waals surface area contributed by atoms with Gasteiger partial charge in [0.25, 0.3) is 0 Å². The summed E-state index contributed by atoms with van der Waals surface area (Å²) in [5, 5.41) is 15.7. The minimum atomic E-state index is 0.279. The summed E-state index contributed by atoms with van der Waals surface area (Å²) in [5.41, 5.74) is 0. The average Bonchev–Trinajstić information content (AvgIpc) is 2.19. The van der Waals surface area contributed by atoms with Crippen LogP contribution in [0.5, 0.6) is 0 Å². The van der Waals surface area contributed by atoms with E-state index in [9.17, 15) is 0 Å². The van der Waals surface area contributed by atoms with Crippen LogP contribution in [0.3, 0.4) is 0 Å². The number of H-pyrrole nitrogens is 1. The summed E-state index contributed by atoms with van der Waals surface area (Å²) in [6.45, 7) is 0. The number of hydrogen-bond donors (Lipinski definition) is 1. The zero-order valence-electron chi connectivity index (χ0n) is 3.54. The molecule has 0 aromatic carbocycles. The molecule has 0 aliphatic carbocycles.